The lowest BCUT2D eigenvalue weighted by molar-refractivity contribution is -0.123. The summed E-state index contributed by atoms with van der Waals surface area (Å²) in [5.41, 5.74) is 6.13. The van der Waals surface area contributed by atoms with Gasteiger partial charge in [0.1, 0.15) is 0 Å². The Morgan fingerprint density at radius 2 is 0.711 bits per heavy atom. The van der Waals surface area contributed by atoms with Crippen molar-refractivity contribution in [3.63, 3.8) is 0 Å². The monoisotopic (exact) mass is 636 g/mol. The van der Waals surface area contributed by atoms with Crippen LogP contribution >= 0.6 is 0 Å². The Balaban J connectivity index is 5.05. The number of rotatable bonds is 38. The molecule has 0 saturated heterocycles. The van der Waals surface area contributed by atoms with Gasteiger partial charge in [0.25, 0.3) is 0 Å². The number of hydrogen-bond donors (Lipinski definition) is 1. The largest absolute Gasteiger partial charge is 0.368 e. The van der Waals surface area contributed by atoms with E-state index in [0.717, 1.165) is 32.5 Å². The second-order valence-corrected chi connectivity index (χ2v) is 14.4. The van der Waals surface area contributed by atoms with Crippen molar-refractivity contribution in [2.24, 2.45) is 5.73 Å². The second kappa shape index (κ2) is 36.2. The quantitative estimate of drug-likeness (QED) is 0.0687. The number of carbonyl (C=O) groups is 1. The van der Waals surface area contributed by atoms with Crippen LogP contribution in [-0.2, 0) is 4.79 Å². The number of carbonyl (C=O) groups excluding carboxylic acids is 1. The fraction of sp³-hybridized carbons (Fsp3) is 0.976. The smallest absolute Gasteiger partial charge is 0.234 e. The van der Waals surface area contributed by atoms with E-state index >= 15 is 0 Å². The van der Waals surface area contributed by atoms with Crippen LogP contribution in [0.2, 0.25) is 0 Å². The summed E-state index contributed by atoms with van der Waals surface area (Å²) in [6.07, 6.45) is 39.7. The first-order chi connectivity index (χ1) is 22.1. The van der Waals surface area contributed by atoms with Crippen molar-refractivity contribution < 1.29 is 4.79 Å². The maximum Gasteiger partial charge on any atom is 0.234 e. The van der Waals surface area contributed by atoms with E-state index in [4.69, 9.17) is 5.73 Å². The highest BCUT2D eigenvalue weighted by Gasteiger charge is 2.23. The Morgan fingerprint density at radius 3 is 1.07 bits per heavy atom. The summed E-state index contributed by atoms with van der Waals surface area (Å²) in [6, 6.07) is -0.0934. The van der Waals surface area contributed by atoms with Gasteiger partial charge in [0.2, 0.25) is 5.91 Å². The van der Waals surface area contributed by atoms with E-state index < -0.39 is 0 Å². The summed E-state index contributed by atoms with van der Waals surface area (Å²) >= 11 is 0. The molecule has 0 aromatic carbocycles. The first-order valence-corrected chi connectivity index (χ1v) is 20.9. The van der Waals surface area contributed by atoms with Gasteiger partial charge in [0, 0.05) is 13.1 Å². The highest BCUT2D eigenvalue weighted by Crippen LogP contribution is 2.17. The Labute approximate surface area is 284 Å². The minimum Gasteiger partial charge on any atom is -0.368 e. The Bertz CT molecular complexity index is 565. The third-order valence-corrected chi connectivity index (χ3v) is 10.0. The van der Waals surface area contributed by atoms with E-state index in [1.165, 1.54) is 193 Å². The number of unbranched alkanes of at least 4 members (excludes halogenated alkanes) is 25. The third kappa shape index (κ3) is 30.5. The van der Waals surface area contributed by atoms with Crippen molar-refractivity contribution in [1.82, 2.24) is 9.80 Å². The summed E-state index contributed by atoms with van der Waals surface area (Å²) in [5.74, 6) is -0.0911. The van der Waals surface area contributed by atoms with Gasteiger partial charge in [-0.1, -0.05) is 195 Å². The lowest BCUT2D eigenvalue weighted by atomic mass is 10.0. The van der Waals surface area contributed by atoms with Crippen LogP contribution in [0.5, 0.6) is 0 Å². The molecule has 0 saturated carbocycles. The molecule has 1 unspecified atom stereocenters. The van der Waals surface area contributed by atoms with Crippen LogP contribution in [0, 0.1) is 0 Å². The molecule has 0 aliphatic heterocycles. The average Bonchev–Trinajstić information content (AvgIpc) is 3.03. The summed E-state index contributed by atoms with van der Waals surface area (Å²) in [7, 11) is 0. The maximum absolute atomic E-state index is 12.8. The summed E-state index contributed by atoms with van der Waals surface area (Å²) in [4.78, 5) is 18.1. The van der Waals surface area contributed by atoms with Crippen LogP contribution in [0.25, 0.3) is 0 Å². The molecule has 1 atom stereocenters. The molecule has 0 heterocycles. The van der Waals surface area contributed by atoms with Crippen LogP contribution in [0.1, 0.15) is 220 Å². The molecule has 0 radical (unpaired) electrons. The first kappa shape index (κ1) is 44.4. The topological polar surface area (TPSA) is 49.6 Å². The third-order valence-electron chi connectivity index (χ3n) is 10.0. The SMILES string of the molecule is CCCCCCCCCCC(C(N)=O)N(CCCCCCCCC)CCN(CCCCCCCCC)CCCCCCCCC. The van der Waals surface area contributed by atoms with Gasteiger partial charge in [0.05, 0.1) is 6.04 Å². The molecule has 0 aliphatic carbocycles. The predicted octanol–water partition coefficient (Wildman–Crippen LogP) is 12.2. The van der Waals surface area contributed by atoms with E-state index in [1.807, 2.05) is 0 Å². The zero-order chi connectivity index (χ0) is 33.1. The van der Waals surface area contributed by atoms with E-state index in [1.54, 1.807) is 0 Å². The van der Waals surface area contributed by atoms with Crippen LogP contribution in [-0.4, -0.2) is 54.5 Å². The Morgan fingerprint density at radius 1 is 0.400 bits per heavy atom. The lowest BCUT2D eigenvalue weighted by Gasteiger charge is -2.32. The molecule has 270 valence electrons. The zero-order valence-corrected chi connectivity index (χ0v) is 31.7. The van der Waals surface area contributed by atoms with Gasteiger partial charge in [-0.3, -0.25) is 9.69 Å². The molecule has 4 heteroatoms. The van der Waals surface area contributed by atoms with E-state index in [-0.39, 0.29) is 11.9 Å². The van der Waals surface area contributed by atoms with Gasteiger partial charge in [0.15, 0.2) is 0 Å². The minimum absolute atomic E-state index is 0.0911. The maximum atomic E-state index is 12.8. The molecule has 0 spiro atoms. The fourth-order valence-corrected chi connectivity index (χ4v) is 6.86. The van der Waals surface area contributed by atoms with E-state index in [2.05, 4.69) is 37.5 Å². The molecule has 0 aromatic rings. The Hall–Kier alpha value is -0.610. The first-order valence-electron chi connectivity index (χ1n) is 20.9. The minimum atomic E-state index is -0.0934. The number of nitrogens with zero attached hydrogens (tertiary/aromatic N) is 2. The summed E-state index contributed by atoms with van der Waals surface area (Å²) in [5, 5.41) is 0. The van der Waals surface area contributed by atoms with Gasteiger partial charge in [-0.15, -0.1) is 0 Å². The molecule has 1 amide bonds. The lowest BCUT2D eigenvalue weighted by Crippen LogP contribution is -2.48. The highest BCUT2D eigenvalue weighted by molar-refractivity contribution is 5.79. The fourth-order valence-electron chi connectivity index (χ4n) is 6.86. The Kier molecular flexibility index (Phi) is 35.7. The van der Waals surface area contributed by atoms with Crippen molar-refractivity contribution in [3.05, 3.63) is 0 Å². The van der Waals surface area contributed by atoms with Gasteiger partial charge in [-0.25, -0.2) is 0 Å². The molecular weight excluding hydrogens is 550 g/mol. The second-order valence-electron chi connectivity index (χ2n) is 14.4. The summed E-state index contributed by atoms with van der Waals surface area (Å²) < 4.78 is 0. The molecule has 0 fully saturated rings. The van der Waals surface area contributed by atoms with Gasteiger partial charge in [-0.2, -0.15) is 0 Å². The van der Waals surface area contributed by atoms with Gasteiger partial charge < -0.3 is 10.6 Å². The molecule has 45 heavy (non-hydrogen) atoms. The zero-order valence-electron chi connectivity index (χ0n) is 31.7. The van der Waals surface area contributed by atoms with Crippen molar-refractivity contribution in [2.45, 2.75) is 226 Å². The number of hydrogen-bond acceptors (Lipinski definition) is 3. The average molecular weight is 636 g/mol. The molecule has 0 aliphatic rings. The van der Waals surface area contributed by atoms with Crippen molar-refractivity contribution in [3.8, 4) is 0 Å². The van der Waals surface area contributed by atoms with E-state index in [9.17, 15) is 4.79 Å². The van der Waals surface area contributed by atoms with Crippen molar-refractivity contribution >= 4 is 5.91 Å². The van der Waals surface area contributed by atoms with E-state index in [0.29, 0.717) is 0 Å². The van der Waals surface area contributed by atoms with Crippen LogP contribution in [0.4, 0.5) is 0 Å². The predicted molar refractivity (Wildman–Crippen MR) is 202 cm³/mol. The number of nitrogens with two attached hydrogens (primary N) is 1. The molecule has 4 nitrogen and oxygen atoms in total. The molecular formula is C41H85N3O. The molecule has 2 N–H and O–H groups in total. The molecule has 0 aromatic heterocycles. The molecule has 0 rings (SSSR count). The number of primary amides is 1. The standard InChI is InChI=1S/C41H85N3O/c1-5-9-13-17-21-22-26-30-34-40(41(42)45)44(37-33-29-25-20-16-12-8-4)39-38-43(35-31-27-23-18-14-10-6-2)36-32-28-24-19-15-11-7-3/h40H,5-39H2,1-4H3,(H2,42,45). The van der Waals surface area contributed by atoms with Crippen molar-refractivity contribution in [2.75, 3.05) is 32.7 Å². The molecule has 0 bridgehead atoms. The normalized spacial score (nSPS) is 12.5. The summed E-state index contributed by atoms with van der Waals surface area (Å²) in [6.45, 7) is 14.7. The van der Waals surface area contributed by atoms with Crippen molar-refractivity contribution in [1.29, 1.82) is 0 Å². The highest BCUT2D eigenvalue weighted by atomic mass is 16.1. The van der Waals surface area contributed by atoms with Gasteiger partial charge in [-0.05, 0) is 45.3 Å². The van der Waals surface area contributed by atoms with Crippen LogP contribution < -0.4 is 5.73 Å². The van der Waals surface area contributed by atoms with Crippen LogP contribution in [0.15, 0.2) is 0 Å². The number of amides is 1. The van der Waals surface area contributed by atoms with Gasteiger partial charge >= 0.3 is 0 Å². The van der Waals surface area contributed by atoms with Crippen LogP contribution in [0.3, 0.4) is 0 Å².